The predicted molar refractivity (Wildman–Crippen MR) is 111 cm³/mol. The van der Waals surface area contributed by atoms with Gasteiger partial charge in [0.1, 0.15) is 17.2 Å². The first-order chi connectivity index (χ1) is 13.3. The Balaban J connectivity index is 2.09. The maximum atomic E-state index is 12.5. The normalized spacial score (nSPS) is 12.0. The first kappa shape index (κ1) is 20.2. The first-order valence-corrected chi connectivity index (χ1v) is 10.6. The summed E-state index contributed by atoms with van der Waals surface area (Å²) in [4.78, 5) is 2.15. The van der Waals surface area contributed by atoms with E-state index in [2.05, 4.69) is 25.9 Å². The summed E-state index contributed by atoms with van der Waals surface area (Å²) in [5.74, 6) is -0.310. The largest absolute Gasteiger partial charge is 0.508 e. The second-order valence-corrected chi connectivity index (χ2v) is 8.65. The van der Waals surface area contributed by atoms with Crippen LogP contribution in [0.4, 0.5) is 0 Å². The second kappa shape index (κ2) is 8.22. The fourth-order valence-electron chi connectivity index (χ4n) is 2.41. The van der Waals surface area contributed by atoms with E-state index in [0.717, 1.165) is 0 Å². The Morgan fingerprint density at radius 1 is 1.00 bits per heavy atom. The smallest absolute Gasteiger partial charge is 0.276 e. The number of hydrazone groups is 1. The third-order valence-electron chi connectivity index (χ3n) is 3.75. The Labute approximate surface area is 175 Å². The van der Waals surface area contributed by atoms with E-state index in [1.165, 1.54) is 36.4 Å². The predicted octanol–water partition coefficient (Wildman–Crippen LogP) is 4.24. The van der Waals surface area contributed by atoms with Gasteiger partial charge >= 0.3 is 0 Å². The van der Waals surface area contributed by atoms with Gasteiger partial charge in [-0.3, -0.25) is 0 Å². The van der Waals surface area contributed by atoms with Crippen molar-refractivity contribution >= 4 is 43.3 Å². The Morgan fingerprint density at radius 2 is 1.64 bits per heavy atom. The molecule has 0 aliphatic rings. The summed E-state index contributed by atoms with van der Waals surface area (Å²) in [6.07, 6.45) is 0. The Bertz CT molecular complexity index is 1130. The minimum atomic E-state index is -3.97. The molecule has 9 heteroatoms. The molecule has 0 fully saturated rings. The fraction of sp³-hybridized carbons (Fsp3) is 0. The van der Waals surface area contributed by atoms with E-state index >= 15 is 0 Å². The van der Waals surface area contributed by atoms with Gasteiger partial charge in [0.15, 0.2) is 0 Å². The standard InChI is InChI=1S/C19H14BrClN2O4S/c20-17-11-14(24)10-16(19(17)25)18(12-4-2-1-3-5-12)22-23-28(26,27)15-8-6-13(21)7-9-15/h1-11,23-25H/b22-18+. The lowest BCUT2D eigenvalue weighted by molar-refractivity contribution is 0.456. The van der Waals surface area contributed by atoms with Crippen LogP contribution in [0.25, 0.3) is 0 Å². The number of benzene rings is 3. The van der Waals surface area contributed by atoms with Gasteiger partial charge in [0.05, 0.1) is 9.37 Å². The molecule has 0 atom stereocenters. The van der Waals surface area contributed by atoms with Gasteiger partial charge in [-0.05, 0) is 52.3 Å². The highest BCUT2D eigenvalue weighted by Gasteiger charge is 2.18. The topological polar surface area (TPSA) is 99.0 Å². The molecule has 0 amide bonds. The molecule has 6 nitrogen and oxygen atoms in total. The summed E-state index contributed by atoms with van der Waals surface area (Å²) >= 11 is 8.95. The van der Waals surface area contributed by atoms with Crippen LogP contribution in [-0.4, -0.2) is 24.3 Å². The molecule has 144 valence electrons. The molecule has 0 aliphatic carbocycles. The summed E-state index contributed by atoms with van der Waals surface area (Å²) in [6, 6.07) is 16.9. The van der Waals surface area contributed by atoms with Crippen LogP contribution >= 0.6 is 27.5 Å². The van der Waals surface area contributed by atoms with Crippen LogP contribution in [0.2, 0.25) is 5.02 Å². The van der Waals surface area contributed by atoms with Crippen molar-refractivity contribution in [3.8, 4) is 11.5 Å². The number of nitrogens with one attached hydrogen (secondary N) is 1. The van der Waals surface area contributed by atoms with E-state index in [-0.39, 0.29) is 32.1 Å². The quantitative estimate of drug-likeness (QED) is 0.288. The zero-order valence-corrected chi connectivity index (χ0v) is 17.3. The molecule has 3 N–H and O–H groups in total. The van der Waals surface area contributed by atoms with Crippen molar-refractivity contribution in [1.82, 2.24) is 4.83 Å². The number of sulfonamides is 1. The SMILES string of the molecule is O=S(=O)(N/N=C(\c1ccccc1)c1cc(O)cc(Br)c1O)c1ccc(Cl)cc1. The van der Waals surface area contributed by atoms with Crippen molar-refractivity contribution in [2.24, 2.45) is 5.10 Å². The summed E-state index contributed by atoms with van der Waals surface area (Å²) < 4.78 is 25.3. The van der Waals surface area contributed by atoms with Crippen molar-refractivity contribution in [2.45, 2.75) is 4.90 Å². The van der Waals surface area contributed by atoms with E-state index in [1.54, 1.807) is 30.3 Å². The highest BCUT2D eigenvalue weighted by Crippen LogP contribution is 2.33. The average molecular weight is 482 g/mol. The number of rotatable bonds is 5. The highest BCUT2D eigenvalue weighted by molar-refractivity contribution is 9.10. The van der Waals surface area contributed by atoms with Crippen molar-refractivity contribution in [3.05, 3.63) is 87.4 Å². The van der Waals surface area contributed by atoms with Crippen LogP contribution in [0.3, 0.4) is 0 Å². The van der Waals surface area contributed by atoms with Crippen LogP contribution in [0.15, 0.2) is 81.2 Å². The molecule has 0 unspecified atom stereocenters. The second-order valence-electron chi connectivity index (χ2n) is 5.70. The van der Waals surface area contributed by atoms with Gasteiger partial charge < -0.3 is 10.2 Å². The molecule has 3 aromatic rings. The number of aromatic hydroxyl groups is 2. The lowest BCUT2D eigenvalue weighted by Crippen LogP contribution is -2.21. The molecular weight excluding hydrogens is 468 g/mol. The zero-order chi connectivity index (χ0) is 20.3. The molecule has 0 saturated carbocycles. The molecule has 28 heavy (non-hydrogen) atoms. The Hall–Kier alpha value is -2.55. The molecule has 3 aromatic carbocycles. The summed E-state index contributed by atoms with van der Waals surface area (Å²) in [5.41, 5.74) is 0.818. The van der Waals surface area contributed by atoms with Gasteiger partial charge in [0, 0.05) is 16.1 Å². The molecule has 0 aliphatic heterocycles. The third-order valence-corrected chi connectivity index (χ3v) is 5.83. The maximum absolute atomic E-state index is 12.5. The molecular formula is C19H14BrClN2O4S. The van der Waals surface area contributed by atoms with E-state index < -0.39 is 10.0 Å². The van der Waals surface area contributed by atoms with Crippen LogP contribution in [0, 0.1) is 0 Å². The molecule has 0 radical (unpaired) electrons. The van der Waals surface area contributed by atoms with E-state index in [1.807, 2.05) is 0 Å². The number of halogens is 2. The van der Waals surface area contributed by atoms with Crippen molar-refractivity contribution < 1.29 is 18.6 Å². The number of phenols is 2. The molecule has 0 bridgehead atoms. The third kappa shape index (κ3) is 4.46. The van der Waals surface area contributed by atoms with Crippen LogP contribution in [0.1, 0.15) is 11.1 Å². The lowest BCUT2D eigenvalue weighted by Gasteiger charge is -2.12. The lowest BCUT2D eigenvalue weighted by atomic mass is 10.0. The zero-order valence-electron chi connectivity index (χ0n) is 14.2. The molecule has 0 heterocycles. The molecule has 0 spiro atoms. The van der Waals surface area contributed by atoms with Crippen molar-refractivity contribution in [3.63, 3.8) is 0 Å². The van der Waals surface area contributed by atoms with Crippen molar-refractivity contribution in [1.29, 1.82) is 0 Å². The Morgan fingerprint density at radius 3 is 2.29 bits per heavy atom. The van der Waals surface area contributed by atoms with Crippen LogP contribution < -0.4 is 4.83 Å². The minimum Gasteiger partial charge on any atom is -0.508 e. The molecule has 0 aromatic heterocycles. The molecule has 3 rings (SSSR count). The van der Waals surface area contributed by atoms with Gasteiger partial charge in [-0.25, -0.2) is 0 Å². The minimum absolute atomic E-state index is 0.0191. The average Bonchev–Trinajstić information content (AvgIpc) is 2.66. The first-order valence-electron chi connectivity index (χ1n) is 7.90. The Kier molecular flexibility index (Phi) is 5.93. The number of hydrogen-bond acceptors (Lipinski definition) is 5. The van der Waals surface area contributed by atoms with Gasteiger partial charge in [-0.1, -0.05) is 41.9 Å². The number of phenolic OH excluding ortho intramolecular Hbond substituents is 2. The van der Waals surface area contributed by atoms with E-state index in [9.17, 15) is 18.6 Å². The van der Waals surface area contributed by atoms with Crippen molar-refractivity contribution in [2.75, 3.05) is 0 Å². The van der Waals surface area contributed by atoms with Gasteiger partial charge in [0.2, 0.25) is 0 Å². The van der Waals surface area contributed by atoms with Gasteiger partial charge in [-0.2, -0.15) is 18.4 Å². The van der Waals surface area contributed by atoms with Crippen LogP contribution in [0.5, 0.6) is 11.5 Å². The van der Waals surface area contributed by atoms with Gasteiger partial charge in [0.25, 0.3) is 10.0 Å². The summed E-state index contributed by atoms with van der Waals surface area (Å²) in [7, 11) is -3.97. The monoisotopic (exact) mass is 480 g/mol. The number of hydrogen-bond donors (Lipinski definition) is 3. The molecule has 0 saturated heterocycles. The van der Waals surface area contributed by atoms with E-state index in [4.69, 9.17) is 11.6 Å². The highest BCUT2D eigenvalue weighted by atomic mass is 79.9. The fourth-order valence-corrected chi connectivity index (χ4v) is 3.80. The van der Waals surface area contributed by atoms with E-state index in [0.29, 0.717) is 10.6 Å². The van der Waals surface area contributed by atoms with Crippen LogP contribution in [-0.2, 0) is 10.0 Å². The maximum Gasteiger partial charge on any atom is 0.276 e. The number of nitrogens with zero attached hydrogens (tertiary/aromatic N) is 1. The summed E-state index contributed by atoms with van der Waals surface area (Å²) in [6.45, 7) is 0. The van der Waals surface area contributed by atoms with Gasteiger partial charge in [-0.15, -0.1) is 0 Å². The summed E-state index contributed by atoms with van der Waals surface area (Å²) in [5, 5.41) is 24.7.